The molecule has 3 rings (SSSR count). The number of hydrogen-bond donors (Lipinski definition) is 1. The highest BCUT2D eigenvalue weighted by atomic mass is 33.1. The van der Waals surface area contributed by atoms with Crippen LogP contribution < -0.4 is 10.2 Å². The van der Waals surface area contributed by atoms with Gasteiger partial charge >= 0.3 is 0 Å². The molecular formula is C19H26N2O2S2. The van der Waals surface area contributed by atoms with Crippen LogP contribution >= 0.6 is 21.6 Å². The van der Waals surface area contributed by atoms with Crippen LogP contribution in [-0.2, 0) is 16.1 Å². The summed E-state index contributed by atoms with van der Waals surface area (Å²) in [5.74, 6) is 1.61. The van der Waals surface area contributed by atoms with Gasteiger partial charge in [0, 0.05) is 42.6 Å². The van der Waals surface area contributed by atoms with Gasteiger partial charge in [-0.25, -0.2) is 0 Å². The van der Waals surface area contributed by atoms with E-state index in [-0.39, 0.29) is 11.8 Å². The van der Waals surface area contributed by atoms with Gasteiger partial charge in [0.2, 0.25) is 11.8 Å². The summed E-state index contributed by atoms with van der Waals surface area (Å²) in [4.78, 5) is 25.5. The van der Waals surface area contributed by atoms with Gasteiger partial charge in [0.15, 0.2) is 0 Å². The molecular weight excluding hydrogens is 352 g/mol. The monoisotopic (exact) mass is 378 g/mol. The lowest BCUT2D eigenvalue weighted by atomic mass is 10.1. The van der Waals surface area contributed by atoms with Crippen molar-refractivity contribution in [1.82, 2.24) is 5.32 Å². The van der Waals surface area contributed by atoms with Crippen LogP contribution in [0.15, 0.2) is 24.3 Å². The number of hydrogen-bond acceptors (Lipinski definition) is 4. The van der Waals surface area contributed by atoms with Crippen molar-refractivity contribution in [2.75, 3.05) is 17.2 Å². The molecule has 2 amide bonds. The second-order valence-corrected chi connectivity index (χ2v) is 9.45. The fraction of sp³-hybridized carbons (Fsp3) is 0.579. The van der Waals surface area contributed by atoms with Crippen molar-refractivity contribution < 1.29 is 9.59 Å². The zero-order valence-corrected chi connectivity index (χ0v) is 16.2. The third-order valence-corrected chi connectivity index (χ3v) is 7.73. The van der Waals surface area contributed by atoms with Crippen LogP contribution in [0.3, 0.4) is 0 Å². The van der Waals surface area contributed by atoms with Gasteiger partial charge in [0.25, 0.3) is 0 Å². The molecule has 1 aromatic rings. The Morgan fingerprint density at radius 3 is 2.76 bits per heavy atom. The zero-order chi connectivity index (χ0) is 17.5. The van der Waals surface area contributed by atoms with Gasteiger partial charge in [-0.1, -0.05) is 40.1 Å². The predicted octanol–water partition coefficient (Wildman–Crippen LogP) is 4.14. The first kappa shape index (κ1) is 18.6. The Kier molecular flexibility index (Phi) is 7.11. The quantitative estimate of drug-likeness (QED) is 0.545. The van der Waals surface area contributed by atoms with E-state index in [1.165, 1.54) is 18.6 Å². The lowest BCUT2D eigenvalue weighted by molar-refractivity contribution is -0.121. The van der Waals surface area contributed by atoms with Crippen molar-refractivity contribution in [2.24, 2.45) is 0 Å². The lowest BCUT2D eigenvalue weighted by Crippen LogP contribution is -2.24. The third kappa shape index (κ3) is 5.68. The molecule has 0 aliphatic carbocycles. The second kappa shape index (κ2) is 9.53. The van der Waals surface area contributed by atoms with E-state index in [4.69, 9.17) is 0 Å². The topological polar surface area (TPSA) is 49.4 Å². The number of amides is 2. The van der Waals surface area contributed by atoms with Gasteiger partial charge in [-0.05, 0) is 43.4 Å². The molecule has 2 aliphatic rings. The summed E-state index contributed by atoms with van der Waals surface area (Å²) in [6, 6.07) is 7.94. The van der Waals surface area contributed by atoms with E-state index in [1.807, 2.05) is 50.8 Å². The fourth-order valence-electron chi connectivity index (χ4n) is 3.23. The standard InChI is InChI=1S/C19H26N2O2S2/c22-18(5-2-1-4-17-11-13-24-25-17)20-14-15-7-9-16(10-8-15)21-12-3-6-19(21)23/h7-10,17H,1-6,11-14H2,(H,20,22). The molecule has 4 nitrogen and oxygen atoms in total. The number of nitrogens with zero attached hydrogens (tertiary/aromatic N) is 1. The van der Waals surface area contributed by atoms with E-state index < -0.39 is 0 Å². The van der Waals surface area contributed by atoms with Crippen molar-refractivity contribution in [3.05, 3.63) is 29.8 Å². The van der Waals surface area contributed by atoms with Gasteiger partial charge in [-0.2, -0.15) is 0 Å². The minimum Gasteiger partial charge on any atom is -0.352 e. The van der Waals surface area contributed by atoms with Crippen LogP contribution in [0.1, 0.15) is 50.5 Å². The minimum absolute atomic E-state index is 0.132. The van der Waals surface area contributed by atoms with E-state index in [0.29, 0.717) is 19.4 Å². The maximum absolute atomic E-state index is 12.0. The van der Waals surface area contributed by atoms with E-state index >= 15 is 0 Å². The summed E-state index contributed by atoms with van der Waals surface area (Å²) in [5.41, 5.74) is 2.03. The van der Waals surface area contributed by atoms with E-state index in [9.17, 15) is 9.59 Å². The number of anilines is 1. The van der Waals surface area contributed by atoms with Gasteiger partial charge in [0.05, 0.1) is 0 Å². The number of carbonyl (C=O) groups excluding carboxylic acids is 2. The SMILES string of the molecule is O=C(CCCCC1CCSS1)NCc1ccc(N2CCCC2=O)cc1. The highest BCUT2D eigenvalue weighted by molar-refractivity contribution is 8.77. The highest BCUT2D eigenvalue weighted by Crippen LogP contribution is 2.39. The number of carbonyl (C=O) groups is 2. The molecule has 2 heterocycles. The number of rotatable bonds is 8. The van der Waals surface area contributed by atoms with Gasteiger partial charge in [0.1, 0.15) is 0 Å². The lowest BCUT2D eigenvalue weighted by Gasteiger charge is -2.16. The molecule has 0 bridgehead atoms. The summed E-state index contributed by atoms with van der Waals surface area (Å²) in [5, 5.41) is 3.80. The molecule has 1 atom stereocenters. The second-order valence-electron chi connectivity index (χ2n) is 6.67. The number of benzene rings is 1. The van der Waals surface area contributed by atoms with Crippen LogP contribution in [0.5, 0.6) is 0 Å². The summed E-state index contributed by atoms with van der Waals surface area (Å²) in [6.07, 6.45) is 6.88. The van der Waals surface area contributed by atoms with Crippen LogP contribution in [0.4, 0.5) is 5.69 Å². The van der Waals surface area contributed by atoms with E-state index in [2.05, 4.69) is 5.32 Å². The molecule has 136 valence electrons. The molecule has 1 aromatic carbocycles. The van der Waals surface area contributed by atoms with Crippen LogP contribution in [0.25, 0.3) is 0 Å². The average Bonchev–Trinajstić information content (AvgIpc) is 3.29. The normalized spacial score (nSPS) is 20.2. The molecule has 0 saturated carbocycles. The Balaban J connectivity index is 1.33. The van der Waals surface area contributed by atoms with Crippen LogP contribution in [0, 0.1) is 0 Å². The van der Waals surface area contributed by atoms with E-state index in [0.717, 1.165) is 42.3 Å². The first-order chi connectivity index (χ1) is 12.2. The first-order valence-corrected chi connectivity index (χ1v) is 11.5. The van der Waals surface area contributed by atoms with Crippen molar-refractivity contribution >= 4 is 39.1 Å². The molecule has 0 spiro atoms. The zero-order valence-electron chi connectivity index (χ0n) is 14.5. The summed E-state index contributed by atoms with van der Waals surface area (Å²) < 4.78 is 0. The van der Waals surface area contributed by atoms with Crippen LogP contribution in [0.2, 0.25) is 0 Å². The van der Waals surface area contributed by atoms with Gasteiger partial charge < -0.3 is 10.2 Å². The summed E-state index contributed by atoms with van der Waals surface area (Å²) >= 11 is 0. The number of unbranched alkanes of at least 4 members (excludes halogenated alkanes) is 1. The molecule has 1 N–H and O–H groups in total. The largest absolute Gasteiger partial charge is 0.352 e. The predicted molar refractivity (Wildman–Crippen MR) is 107 cm³/mol. The summed E-state index contributed by atoms with van der Waals surface area (Å²) in [7, 11) is 3.99. The molecule has 25 heavy (non-hydrogen) atoms. The molecule has 6 heteroatoms. The minimum atomic E-state index is 0.132. The highest BCUT2D eigenvalue weighted by Gasteiger charge is 2.21. The Morgan fingerprint density at radius 2 is 2.08 bits per heavy atom. The van der Waals surface area contributed by atoms with Crippen molar-refractivity contribution in [3.63, 3.8) is 0 Å². The molecule has 2 saturated heterocycles. The van der Waals surface area contributed by atoms with Crippen molar-refractivity contribution in [3.8, 4) is 0 Å². The van der Waals surface area contributed by atoms with E-state index in [1.54, 1.807) is 0 Å². The molecule has 2 aliphatic heterocycles. The molecule has 1 unspecified atom stereocenters. The van der Waals surface area contributed by atoms with Gasteiger partial charge in [-0.15, -0.1) is 0 Å². The van der Waals surface area contributed by atoms with Crippen molar-refractivity contribution in [1.29, 1.82) is 0 Å². The Morgan fingerprint density at radius 1 is 1.24 bits per heavy atom. The maximum Gasteiger partial charge on any atom is 0.227 e. The summed E-state index contributed by atoms with van der Waals surface area (Å²) in [6.45, 7) is 1.37. The van der Waals surface area contributed by atoms with Crippen molar-refractivity contribution in [2.45, 2.75) is 56.7 Å². The number of nitrogens with one attached hydrogen (secondary N) is 1. The maximum atomic E-state index is 12.0. The van der Waals surface area contributed by atoms with Crippen LogP contribution in [-0.4, -0.2) is 29.4 Å². The Hall–Kier alpha value is -1.14. The fourth-order valence-corrected chi connectivity index (χ4v) is 6.25. The molecule has 0 aromatic heterocycles. The van der Waals surface area contributed by atoms with Gasteiger partial charge in [-0.3, -0.25) is 9.59 Å². The Bertz CT molecular complexity index is 586. The third-order valence-electron chi connectivity index (χ3n) is 4.72. The average molecular weight is 379 g/mol. The smallest absolute Gasteiger partial charge is 0.227 e. The first-order valence-electron chi connectivity index (χ1n) is 9.16. The molecule has 2 fully saturated rings. The Labute approximate surface area is 157 Å². The molecule has 0 radical (unpaired) electrons.